The van der Waals surface area contributed by atoms with E-state index >= 15 is 0 Å². The zero-order valence-electron chi connectivity index (χ0n) is 11.3. The highest BCUT2D eigenvalue weighted by Gasteiger charge is 2.10. The molecule has 0 radical (unpaired) electrons. The number of hydrogen-bond acceptors (Lipinski definition) is 2. The molecule has 0 spiro atoms. The average molecular weight is 261 g/mol. The Kier molecular flexibility index (Phi) is 2.99. The zero-order valence-corrected chi connectivity index (χ0v) is 11.3. The van der Waals surface area contributed by atoms with E-state index in [1.54, 1.807) is 12.1 Å². The van der Waals surface area contributed by atoms with Crippen molar-refractivity contribution in [2.45, 2.75) is 6.92 Å². The minimum atomic E-state index is 0.0267. The summed E-state index contributed by atoms with van der Waals surface area (Å²) in [6.45, 7) is 1.91. The highest BCUT2D eigenvalue weighted by molar-refractivity contribution is 6.10. The average Bonchev–Trinajstić information content (AvgIpc) is 2.49. The van der Waals surface area contributed by atoms with Gasteiger partial charge < -0.3 is 5.73 Å². The second-order valence-corrected chi connectivity index (χ2v) is 4.96. The molecule has 2 heteroatoms. The van der Waals surface area contributed by atoms with Crippen molar-refractivity contribution in [3.8, 4) is 0 Å². The topological polar surface area (TPSA) is 43.1 Å². The molecule has 0 amide bonds. The second-order valence-electron chi connectivity index (χ2n) is 4.96. The lowest BCUT2D eigenvalue weighted by atomic mass is 9.98. The molecule has 0 saturated heterocycles. The van der Waals surface area contributed by atoms with Crippen LogP contribution in [0.25, 0.3) is 10.8 Å². The second kappa shape index (κ2) is 4.82. The van der Waals surface area contributed by atoms with Crippen LogP contribution in [0.4, 0.5) is 5.69 Å². The zero-order chi connectivity index (χ0) is 14.1. The first-order chi connectivity index (χ1) is 9.65. The van der Waals surface area contributed by atoms with Gasteiger partial charge in [0.05, 0.1) is 0 Å². The summed E-state index contributed by atoms with van der Waals surface area (Å²) in [4.78, 5) is 12.5. The van der Waals surface area contributed by atoms with Crippen LogP contribution in [0.5, 0.6) is 0 Å². The van der Waals surface area contributed by atoms with Crippen molar-refractivity contribution in [1.82, 2.24) is 0 Å². The monoisotopic (exact) mass is 261 g/mol. The molecular formula is C18H15NO. The molecule has 0 fully saturated rings. The van der Waals surface area contributed by atoms with Gasteiger partial charge in [-0.2, -0.15) is 0 Å². The fourth-order valence-corrected chi connectivity index (χ4v) is 2.31. The first-order valence-corrected chi connectivity index (χ1v) is 6.55. The van der Waals surface area contributed by atoms with E-state index in [9.17, 15) is 4.79 Å². The maximum Gasteiger partial charge on any atom is 0.193 e. The molecule has 0 aliphatic rings. The summed E-state index contributed by atoms with van der Waals surface area (Å²) < 4.78 is 0. The molecule has 3 aromatic rings. The third-order valence-electron chi connectivity index (χ3n) is 3.54. The van der Waals surface area contributed by atoms with Gasteiger partial charge in [-0.1, -0.05) is 36.4 Å². The van der Waals surface area contributed by atoms with Gasteiger partial charge in [-0.3, -0.25) is 4.79 Å². The van der Waals surface area contributed by atoms with E-state index in [0.717, 1.165) is 16.3 Å². The van der Waals surface area contributed by atoms with Gasteiger partial charge in [-0.15, -0.1) is 0 Å². The number of aryl methyl sites for hydroxylation is 1. The standard InChI is InChI=1S/C18H15NO/c1-12-10-15(8-9-17(12)19)18(20)16-7-6-13-4-2-3-5-14(13)11-16/h2-11H,19H2,1H3. The summed E-state index contributed by atoms with van der Waals surface area (Å²) >= 11 is 0. The van der Waals surface area contributed by atoms with Crippen molar-refractivity contribution < 1.29 is 4.79 Å². The Balaban J connectivity index is 2.05. The fourth-order valence-electron chi connectivity index (χ4n) is 2.31. The molecule has 0 heterocycles. The van der Waals surface area contributed by atoms with E-state index in [1.165, 1.54) is 0 Å². The molecule has 2 nitrogen and oxygen atoms in total. The van der Waals surface area contributed by atoms with E-state index in [-0.39, 0.29) is 5.78 Å². The maximum atomic E-state index is 12.5. The number of carbonyl (C=O) groups excluding carboxylic acids is 1. The summed E-state index contributed by atoms with van der Waals surface area (Å²) in [7, 11) is 0. The van der Waals surface area contributed by atoms with Gasteiger partial charge in [0.2, 0.25) is 0 Å². The van der Waals surface area contributed by atoms with Crippen LogP contribution < -0.4 is 5.73 Å². The van der Waals surface area contributed by atoms with E-state index in [1.807, 2.05) is 55.5 Å². The van der Waals surface area contributed by atoms with E-state index in [0.29, 0.717) is 16.8 Å². The van der Waals surface area contributed by atoms with Crippen molar-refractivity contribution >= 4 is 22.2 Å². The number of nitrogens with two attached hydrogens (primary N) is 1. The minimum absolute atomic E-state index is 0.0267. The molecule has 20 heavy (non-hydrogen) atoms. The lowest BCUT2D eigenvalue weighted by molar-refractivity contribution is 0.103. The lowest BCUT2D eigenvalue weighted by Gasteiger charge is -2.06. The molecule has 98 valence electrons. The molecule has 0 bridgehead atoms. The van der Waals surface area contributed by atoms with Crippen LogP contribution in [0, 0.1) is 6.92 Å². The van der Waals surface area contributed by atoms with Gasteiger partial charge in [0, 0.05) is 16.8 Å². The first kappa shape index (κ1) is 12.4. The number of nitrogen functional groups attached to an aromatic ring is 1. The van der Waals surface area contributed by atoms with Crippen LogP contribution >= 0.6 is 0 Å². The third-order valence-corrected chi connectivity index (χ3v) is 3.54. The van der Waals surface area contributed by atoms with Gasteiger partial charge >= 0.3 is 0 Å². The van der Waals surface area contributed by atoms with Crippen molar-refractivity contribution in [3.05, 3.63) is 77.4 Å². The van der Waals surface area contributed by atoms with Crippen LogP contribution in [0.1, 0.15) is 21.5 Å². The van der Waals surface area contributed by atoms with Gasteiger partial charge in [-0.25, -0.2) is 0 Å². The molecular weight excluding hydrogens is 246 g/mol. The summed E-state index contributed by atoms with van der Waals surface area (Å²) in [5.41, 5.74) is 8.80. The summed E-state index contributed by atoms with van der Waals surface area (Å²) in [5, 5.41) is 2.21. The van der Waals surface area contributed by atoms with Crippen molar-refractivity contribution in [3.63, 3.8) is 0 Å². The Hall–Kier alpha value is -2.61. The summed E-state index contributed by atoms with van der Waals surface area (Å²) in [5.74, 6) is 0.0267. The van der Waals surface area contributed by atoms with Crippen LogP contribution in [0.2, 0.25) is 0 Å². The van der Waals surface area contributed by atoms with Crippen molar-refractivity contribution in [2.75, 3.05) is 5.73 Å². The Bertz CT molecular complexity index is 805. The number of benzene rings is 3. The Labute approximate surface area is 117 Å². The molecule has 3 aromatic carbocycles. The maximum absolute atomic E-state index is 12.5. The molecule has 3 rings (SSSR count). The van der Waals surface area contributed by atoms with Gasteiger partial charge in [0.1, 0.15) is 0 Å². The predicted octanol–water partition coefficient (Wildman–Crippen LogP) is 3.96. The molecule has 0 aromatic heterocycles. The number of hydrogen-bond donors (Lipinski definition) is 1. The Morgan fingerprint density at radius 1 is 0.850 bits per heavy atom. The Morgan fingerprint density at radius 3 is 2.25 bits per heavy atom. The lowest BCUT2D eigenvalue weighted by Crippen LogP contribution is -2.02. The number of fused-ring (bicyclic) bond motifs is 1. The SMILES string of the molecule is Cc1cc(C(=O)c2ccc3ccccc3c2)ccc1N. The number of rotatable bonds is 2. The molecule has 2 N–H and O–H groups in total. The molecule has 0 atom stereocenters. The first-order valence-electron chi connectivity index (χ1n) is 6.55. The van der Waals surface area contributed by atoms with Crippen LogP contribution in [0.3, 0.4) is 0 Å². The largest absolute Gasteiger partial charge is 0.399 e. The van der Waals surface area contributed by atoms with E-state index in [2.05, 4.69) is 0 Å². The van der Waals surface area contributed by atoms with Crippen molar-refractivity contribution in [2.24, 2.45) is 0 Å². The van der Waals surface area contributed by atoms with E-state index in [4.69, 9.17) is 5.73 Å². The third kappa shape index (κ3) is 2.16. The van der Waals surface area contributed by atoms with Crippen LogP contribution in [-0.4, -0.2) is 5.78 Å². The molecule has 0 saturated carbocycles. The normalized spacial score (nSPS) is 10.7. The molecule has 0 unspecified atom stereocenters. The number of carbonyl (C=O) groups is 1. The number of ketones is 1. The molecule has 0 aliphatic heterocycles. The smallest absolute Gasteiger partial charge is 0.193 e. The highest BCUT2D eigenvalue weighted by Crippen LogP contribution is 2.20. The van der Waals surface area contributed by atoms with Gasteiger partial charge in [0.15, 0.2) is 5.78 Å². The fraction of sp³-hybridized carbons (Fsp3) is 0.0556. The quantitative estimate of drug-likeness (QED) is 0.560. The summed E-state index contributed by atoms with van der Waals surface area (Å²) in [6.07, 6.45) is 0. The van der Waals surface area contributed by atoms with E-state index < -0.39 is 0 Å². The predicted molar refractivity (Wildman–Crippen MR) is 83.0 cm³/mol. The molecule has 0 aliphatic carbocycles. The minimum Gasteiger partial charge on any atom is -0.399 e. The van der Waals surface area contributed by atoms with Crippen molar-refractivity contribution in [1.29, 1.82) is 0 Å². The highest BCUT2D eigenvalue weighted by atomic mass is 16.1. The summed E-state index contributed by atoms with van der Waals surface area (Å²) in [6, 6.07) is 19.2. The van der Waals surface area contributed by atoms with Crippen LogP contribution in [0.15, 0.2) is 60.7 Å². The van der Waals surface area contributed by atoms with Gasteiger partial charge in [-0.05, 0) is 47.5 Å². The number of anilines is 1. The van der Waals surface area contributed by atoms with Crippen LogP contribution in [-0.2, 0) is 0 Å². The Morgan fingerprint density at radius 2 is 1.50 bits per heavy atom. The van der Waals surface area contributed by atoms with Gasteiger partial charge in [0.25, 0.3) is 0 Å².